The van der Waals surface area contributed by atoms with Gasteiger partial charge in [0.25, 0.3) is 11.7 Å². The average Bonchev–Trinajstić information content (AvgIpc) is 3.16. The first-order valence-electron chi connectivity index (χ1n) is 12.0. The largest absolute Gasteiger partial charge is 0.507 e. The standard InChI is InChI=1S/C29H29FN2O5/c1-5-31(6-2)20-11-8-18(9-12-20)26-25(27(34)21-16-19(30)10-14-24(21)37-4)28(35)29(36)32(26)22-15-17(3)7-13-23(22)33/h7-16,26,33-34H,5-6H2,1-4H3/b27-25+. The predicted molar refractivity (Wildman–Crippen MR) is 141 cm³/mol. The molecule has 37 heavy (non-hydrogen) atoms. The molecule has 1 aliphatic heterocycles. The van der Waals surface area contributed by atoms with E-state index in [-0.39, 0.29) is 28.3 Å². The van der Waals surface area contributed by atoms with Crippen molar-refractivity contribution in [3.05, 3.63) is 88.7 Å². The third-order valence-electron chi connectivity index (χ3n) is 6.59. The van der Waals surface area contributed by atoms with E-state index < -0.39 is 29.3 Å². The Morgan fingerprint density at radius 3 is 2.32 bits per heavy atom. The number of aromatic hydroxyl groups is 1. The summed E-state index contributed by atoms with van der Waals surface area (Å²) in [5.74, 6) is -3.15. The number of halogens is 1. The SMILES string of the molecule is CCN(CC)c1ccc(C2/C(=C(\O)c3cc(F)ccc3OC)C(=O)C(=O)N2c2cc(C)ccc2O)cc1. The summed E-state index contributed by atoms with van der Waals surface area (Å²) in [7, 11) is 1.36. The molecule has 1 aliphatic rings. The summed E-state index contributed by atoms with van der Waals surface area (Å²) < 4.78 is 19.4. The number of ketones is 1. The predicted octanol–water partition coefficient (Wildman–Crippen LogP) is 5.32. The second-order valence-corrected chi connectivity index (χ2v) is 8.77. The van der Waals surface area contributed by atoms with Gasteiger partial charge in [0.05, 0.1) is 30.0 Å². The van der Waals surface area contributed by atoms with Gasteiger partial charge in [-0.2, -0.15) is 0 Å². The van der Waals surface area contributed by atoms with Gasteiger partial charge in [0.2, 0.25) is 0 Å². The molecule has 0 bridgehead atoms. The number of methoxy groups -OCH3 is 1. The molecular weight excluding hydrogens is 475 g/mol. The number of phenolic OH excluding ortho intramolecular Hbond substituents is 1. The van der Waals surface area contributed by atoms with Gasteiger partial charge in [0.15, 0.2) is 0 Å². The van der Waals surface area contributed by atoms with Crippen LogP contribution in [0.1, 0.15) is 36.6 Å². The number of aryl methyl sites for hydroxylation is 1. The summed E-state index contributed by atoms with van der Waals surface area (Å²) in [6.07, 6.45) is 0. The lowest BCUT2D eigenvalue weighted by atomic mass is 9.94. The van der Waals surface area contributed by atoms with Crippen LogP contribution in [0.2, 0.25) is 0 Å². The third-order valence-corrected chi connectivity index (χ3v) is 6.59. The number of carbonyl (C=O) groups excluding carboxylic acids is 2. The molecule has 1 amide bonds. The van der Waals surface area contributed by atoms with Crippen LogP contribution >= 0.6 is 0 Å². The highest BCUT2D eigenvalue weighted by molar-refractivity contribution is 6.52. The van der Waals surface area contributed by atoms with Gasteiger partial charge in [-0.25, -0.2) is 4.39 Å². The van der Waals surface area contributed by atoms with Crippen molar-refractivity contribution in [1.29, 1.82) is 0 Å². The van der Waals surface area contributed by atoms with E-state index >= 15 is 0 Å². The van der Waals surface area contributed by atoms with E-state index in [4.69, 9.17) is 4.74 Å². The fourth-order valence-corrected chi connectivity index (χ4v) is 4.69. The topological polar surface area (TPSA) is 90.3 Å². The molecule has 1 unspecified atom stereocenters. The molecule has 3 aromatic rings. The van der Waals surface area contributed by atoms with Gasteiger partial charge in [0, 0.05) is 18.8 Å². The number of benzene rings is 3. The van der Waals surface area contributed by atoms with Crippen LogP contribution in [0.15, 0.2) is 66.2 Å². The van der Waals surface area contributed by atoms with Crippen LogP contribution in [-0.2, 0) is 9.59 Å². The lowest BCUT2D eigenvalue weighted by molar-refractivity contribution is -0.132. The number of amides is 1. The normalized spacial score (nSPS) is 16.8. The van der Waals surface area contributed by atoms with Crippen molar-refractivity contribution < 1.29 is 28.9 Å². The molecule has 0 aliphatic carbocycles. The van der Waals surface area contributed by atoms with Crippen LogP contribution in [0.4, 0.5) is 15.8 Å². The number of hydrogen-bond acceptors (Lipinski definition) is 6. The van der Waals surface area contributed by atoms with Gasteiger partial charge in [-0.1, -0.05) is 18.2 Å². The molecule has 1 atom stereocenters. The lowest BCUT2D eigenvalue weighted by Gasteiger charge is -2.27. The summed E-state index contributed by atoms with van der Waals surface area (Å²) in [6, 6.07) is 14.5. The van der Waals surface area contributed by atoms with E-state index in [0.29, 0.717) is 5.56 Å². The minimum Gasteiger partial charge on any atom is -0.507 e. The molecular formula is C29H29FN2O5. The molecule has 0 saturated carbocycles. The molecule has 0 spiro atoms. The Balaban J connectivity index is 1.97. The zero-order valence-corrected chi connectivity index (χ0v) is 21.2. The highest BCUT2D eigenvalue weighted by atomic mass is 19.1. The average molecular weight is 505 g/mol. The molecule has 7 nitrogen and oxygen atoms in total. The number of aliphatic hydroxyl groups is 1. The maximum absolute atomic E-state index is 14.2. The number of anilines is 2. The molecule has 0 aromatic heterocycles. The minimum atomic E-state index is -1.08. The van der Waals surface area contributed by atoms with Gasteiger partial charge in [-0.15, -0.1) is 0 Å². The second kappa shape index (κ2) is 10.3. The molecule has 8 heteroatoms. The second-order valence-electron chi connectivity index (χ2n) is 8.77. The van der Waals surface area contributed by atoms with Crippen molar-refractivity contribution in [3.63, 3.8) is 0 Å². The fourth-order valence-electron chi connectivity index (χ4n) is 4.69. The number of rotatable bonds is 7. The molecule has 1 heterocycles. The van der Waals surface area contributed by atoms with E-state index in [9.17, 15) is 24.2 Å². The van der Waals surface area contributed by atoms with Gasteiger partial charge in [-0.3, -0.25) is 14.5 Å². The molecule has 192 valence electrons. The molecule has 1 fully saturated rings. The zero-order valence-electron chi connectivity index (χ0n) is 21.2. The van der Waals surface area contributed by atoms with Gasteiger partial charge in [0.1, 0.15) is 23.1 Å². The quantitative estimate of drug-likeness (QED) is 0.257. The fraction of sp³-hybridized carbons (Fsp3) is 0.241. The third kappa shape index (κ3) is 4.62. The van der Waals surface area contributed by atoms with Crippen molar-refractivity contribution in [3.8, 4) is 11.5 Å². The first-order valence-corrected chi connectivity index (χ1v) is 12.0. The Morgan fingerprint density at radius 1 is 1.03 bits per heavy atom. The molecule has 3 aromatic carbocycles. The summed E-state index contributed by atoms with van der Waals surface area (Å²) in [4.78, 5) is 30.1. The molecule has 0 radical (unpaired) electrons. The summed E-state index contributed by atoms with van der Waals surface area (Å²) in [6.45, 7) is 7.47. The maximum Gasteiger partial charge on any atom is 0.300 e. The summed E-state index contributed by atoms with van der Waals surface area (Å²) in [5, 5.41) is 22.0. The van der Waals surface area contributed by atoms with Gasteiger partial charge < -0.3 is 19.8 Å². The Bertz CT molecular complexity index is 1380. The van der Waals surface area contributed by atoms with Crippen molar-refractivity contribution >= 4 is 28.8 Å². The Morgan fingerprint density at radius 2 is 1.70 bits per heavy atom. The lowest BCUT2D eigenvalue weighted by Crippen LogP contribution is -2.29. The van der Waals surface area contributed by atoms with Crippen molar-refractivity contribution in [2.45, 2.75) is 26.8 Å². The van der Waals surface area contributed by atoms with Crippen LogP contribution in [0.3, 0.4) is 0 Å². The van der Waals surface area contributed by atoms with Crippen LogP contribution < -0.4 is 14.5 Å². The number of Topliss-reactive ketones (excluding diaryl/α,β-unsaturated/α-hetero) is 1. The summed E-state index contributed by atoms with van der Waals surface area (Å²) >= 11 is 0. The highest BCUT2D eigenvalue weighted by Crippen LogP contribution is 2.46. The Labute approximate surface area is 215 Å². The number of hydrogen-bond donors (Lipinski definition) is 2. The van der Waals surface area contributed by atoms with Gasteiger partial charge >= 0.3 is 0 Å². The monoisotopic (exact) mass is 504 g/mol. The number of phenols is 1. The van der Waals surface area contributed by atoms with E-state index in [2.05, 4.69) is 4.90 Å². The van der Waals surface area contributed by atoms with E-state index in [0.717, 1.165) is 30.4 Å². The Hall–Kier alpha value is -4.33. The molecule has 2 N–H and O–H groups in total. The van der Waals surface area contributed by atoms with Gasteiger partial charge in [-0.05, 0) is 74.4 Å². The first kappa shape index (κ1) is 25.8. The van der Waals surface area contributed by atoms with Crippen molar-refractivity contribution in [2.75, 3.05) is 30.0 Å². The van der Waals surface area contributed by atoms with E-state index in [1.54, 1.807) is 31.2 Å². The maximum atomic E-state index is 14.2. The smallest absolute Gasteiger partial charge is 0.300 e. The van der Waals surface area contributed by atoms with E-state index in [1.165, 1.54) is 30.2 Å². The van der Waals surface area contributed by atoms with Crippen molar-refractivity contribution in [1.82, 2.24) is 0 Å². The minimum absolute atomic E-state index is 0.0567. The van der Waals surface area contributed by atoms with Crippen molar-refractivity contribution in [2.24, 2.45) is 0 Å². The highest BCUT2D eigenvalue weighted by Gasteiger charge is 2.48. The van der Waals surface area contributed by atoms with Crippen LogP contribution in [0.5, 0.6) is 11.5 Å². The first-order chi connectivity index (χ1) is 17.7. The Kier molecular flexibility index (Phi) is 7.20. The molecule has 4 rings (SSSR count). The molecule has 1 saturated heterocycles. The number of carbonyl (C=O) groups is 2. The zero-order chi connectivity index (χ0) is 26.9. The van der Waals surface area contributed by atoms with Crippen LogP contribution in [-0.4, -0.2) is 42.1 Å². The van der Waals surface area contributed by atoms with Crippen LogP contribution in [0, 0.1) is 12.7 Å². The van der Waals surface area contributed by atoms with E-state index in [1.807, 2.05) is 26.0 Å². The number of ether oxygens (including phenoxy) is 1. The van der Waals surface area contributed by atoms with Crippen LogP contribution in [0.25, 0.3) is 5.76 Å². The number of aliphatic hydroxyl groups excluding tert-OH is 1. The number of nitrogens with zero attached hydrogens (tertiary/aromatic N) is 2. The summed E-state index contributed by atoms with van der Waals surface area (Å²) in [5.41, 5.74) is 2.09.